The third-order valence-corrected chi connectivity index (χ3v) is 2.20. The first kappa shape index (κ1) is 10.2. The molecule has 0 amide bonds. The Bertz CT molecular complexity index is 266. The van der Waals surface area contributed by atoms with Gasteiger partial charge in [0.25, 0.3) is 0 Å². The molecule has 0 aliphatic rings. The van der Waals surface area contributed by atoms with Gasteiger partial charge in [-0.05, 0) is 30.9 Å². The van der Waals surface area contributed by atoms with Gasteiger partial charge in [-0.25, -0.2) is 0 Å². The molecule has 72 valence electrons. The Morgan fingerprint density at radius 1 is 1.15 bits per heavy atom. The van der Waals surface area contributed by atoms with Gasteiger partial charge in [-0.2, -0.15) is 0 Å². The van der Waals surface area contributed by atoms with Crippen molar-refractivity contribution in [2.75, 3.05) is 0 Å². The maximum absolute atomic E-state index is 4.49. The number of nitrogens with zero attached hydrogens (tertiary/aromatic N) is 1. The summed E-state index contributed by atoms with van der Waals surface area (Å²) in [6.45, 7) is 6.54. The molecule has 1 heterocycles. The summed E-state index contributed by atoms with van der Waals surface area (Å²) in [7, 11) is 0. The van der Waals surface area contributed by atoms with E-state index in [4.69, 9.17) is 0 Å². The molecule has 0 saturated heterocycles. The van der Waals surface area contributed by atoms with Gasteiger partial charge < -0.3 is 0 Å². The van der Waals surface area contributed by atoms with Crippen molar-refractivity contribution in [1.82, 2.24) is 4.98 Å². The Kier molecular flexibility index (Phi) is 3.94. The van der Waals surface area contributed by atoms with E-state index in [1.165, 1.54) is 36.1 Å². The zero-order chi connectivity index (χ0) is 9.68. The smallest absolute Gasteiger partial charge is 0.0435 e. The second-order valence-electron chi connectivity index (χ2n) is 3.62. The zero-order valence-corrected chi connectivity index (χ0v) is 8.93. The molecule has 0 N–H and O–H groups in total. The summed E-state index contributed by atoms with van der Waals surface area (Å²) >= 11 is 0. The quantitative estimate of drug-likeness (QED) is 0.687. The van der Waals surface area contributed by atoms with Gasteiger partial charge in [0, 0.05) is 11.9 Å². The van der Waals surface area contributed by atoms with Crippen molar-refractivity contribution >= 4 is 0 Å². The number of hydrogen-bond acceptors (Lipinski definition) is 1. The first-order chi connectivity index (χ1) is 6.27. The Hall–Kier alpha value is -0.850. The molecule has 0 fully saturated rings. The zero-order valence-electron chi connectivity index (χ0n) is 8.93. The van der Waals surface area contributed by atoms with E-state index in [-0.39, 0.29) is 0 Å². The largest absolute Gasteiger partial charge is 0.261 e. The minimum Gasteiger partial charge on any atom is -0.261 e. The van der Waals surface area contributed by atoms with Crippen LogP contribution in [-0.2, 0) is 12.8 Å². The van der Waals surface area contributed by atoms with Gasteiger partial charge in [-0.15, -0.1) is 0 Å². The van der Waals surface area contributed by atoms with E-state index in [0.717, 1.165) is 6.42 Å². The molecule has 0 unspecified atom stereocenters. The summed E-state index contributed by atoms with van der Waals surface area (Å²) < 4.78 is 0. The maximum atomic E-state index is 4.49. The SMILES string of the molecule is CCCc1cc(C)cnc1CCC. The monoisotopic (exact) mass is 177 g/mol. The van der Waals surface area contributed by atoms with E-state index in [1.807, 2.05) is 6.20 Å². The maximum Gasteiger partial charge on any atom is 0.0435 e. The molecule has 0 aromatic carbocycles. The molecule has 0 aliphatic carbocycles. The Morgan fingerprint density at radius 2 is 1.85 bits per heavy atom. The van der Waals surface area contributed by atoms with Crippen LogP contribution in [0.4, 0.5) is 0 Å². The van der Waals surface area contributed by atoms with Crippen molar-refractivity contribution in [2.45, 2.75) is 46.5 Å². The summed E-state index contributed by atoms with van der Waals surface area (Å²) in [5.41, 5.74) is 4.03. The fraction of sp³-hybridized carbons (Fsp3) is 0.583. The van der Waals surface area contributed by atoms with Crippen molar-refractivity contribution in [2.24, 2.45) is 0 Å². The van der Waals surface area contributed by atoms with Crippen LogP contribution in [0.2, 0.25) is 0 Å². The number of pyridine rings is 1. The molecule has 13 heavy (non-hydrogen) atoms. The number of aryl methyl sites for hydroxylation is 3. The van der Waals surface area contributed by atoms with Gasteiger partial charge in [0.05, 0.1) is 0 Å². The van der Waals surface area contributed by atoms with Crippen LogP contribution in [0.3, 0.4) is 0 Å². The normalized spacial score (nSPS) is 10.4. The highest BCUT2D eigenvalue weighted by Crippen LogP contribution is 2.12. The summed E-state index contributed by atoms with van der Waals surface area (Å²) in [6.07, 6.45) is 6.67. The molecule has 1 aromatic rings. The molecular formula is C12H19N. The van der Waals surface area contributed by atoms with Crippen LogP contribution in [0, 0.1) is 6.92 Å². The van der Waals surface area contributed by atoms with E-state index < -0.39 is 0 Å². The van der Waals surface area contributed by atoms with Gasteiger partial charge in [0.2, 0.25) is 0 Å². The van der Waals surface area contributed by atoms with Gasteiger partial charge in [0.1, 0.15) is 0 Å². The number of hydrogen-bond donors (Lipinski definition) is 0. The van der Waals surface area contributed by atoms with Crippen LogP contribution in [0.25, 0.3) is 0 Å². The first-order valence-electron chi connectivity index (χ1n) is 5.22. The van der Waals surface area contributed by atoms with Crippen LogP contribution >= 0.6 is 0 Å². The molecule has 0 radical (unpaired) electrons. The predicted molar refractivity (Wildman–Crippen MR) is 57.0 cm³/mol. The lowest BCUT2D eigenvalue weighted by Crippen LogP contribution is -1.98. The summed E-state index contributed by atoms with van der Waals surface area (Å²) in [6, 6.07) is 2.28. The highest BCUT2D eigenvalue weighted by molar-refractivity contribution is 5.24. The third kappa shape index (κ3) is 2.83. The number of rotatable bonds is 4. The van der Waals surface area contributed by atoms with Gasteiger partial charge in [-0.1, -0.05) is 32.8 Å². The summed E-state index contributed by atoms with van der Waals surface area (Å²) in [5, 5.41) is 0. The van der Waals surface area contributed by atoms with Crippen molar-refractivity contribution in [3.8, 4) is 0 Å². The Balaban J connectivity index is 2.89. The lowest BCUT2D eigenvalue weighted by Gasteiger charge is -2.07. The molecular weight excluding hydrogens is 158 g/mol. The second kappa shape index (κ2) is 5.00. The average molecular weight is 177 g/mol. The third-order valence-electron chi connectivity index (χ3n) is 2.20. The minimum absolute atomic E-state index is 1.12. The van der Waals surface area contributed by atoms with E-state index in [9.17, 15) is 0 Å². The Morgan fingerprint density at radius 3 is 2.46 bits per heavy atom. The highest BCUT2D eigenvalue weighted by atomic mass is 14.7. The van der Waals surface area contributed by atoms with Gasteiger partial charge in [-0.3, -0.25) is 4.98 Å². The van der Waals surface area contributed by atoms with Crippen LogP contribution < -0.4 is 0 Å². The van der Waals surface area contributed by atoms with E-state index >= 15 is 0 Å². The van der Waals surface area contributed by atoms with Crippen LogP contribution in [0.1, 0.15) is 43.5 Å². The summed E-state index contributed by atoms with van der Waals surface area (Å²) in [4.78, 5) is 4.49. The van der Waals surface area contributed by atoms with Crippen LogP contribution in [0.5, 0.6) is 0 Å². The fourth-order valence-electron chi connectivity index (χ4n) is 1.61. The molecule has 1 heteroatoms. The van der Waals surface area contributed by atoms with Crippen molar-refractivity contribution in [3.05, 3.63) is 29.1 Å². The fourth-order valence-corrected chi connectivity index (χ4v) is 1.61. The lowest BCUT2D eigenvalue weighted by atomic mass is 10.0. The van der Waals surface area contributed by atoms with Crippen molar-refractivity contribution in [3.63, 3.8) is 0 Å². The lowest BCUT2D eigenvalue weighted by molar-refractivity contribution is 0.826. The first-order valence-corrected chi connectivity index (χ1v) is 5.22. The topological polar surface area (TPSA) is 12.9 Å². The molecule has 1 rings (SSSR count). The minimum atomic E-state index is 1.12. The molecule has 0 bridgehead atoms. The molecule has 0 aliphatic heterocycles. The van der Waals surface area contributed by atoms with Crippen molar-refractivity contribution < 1.29 is 0 Å². The van der Waals surface area contributed by atoms with Crippen LogP contribution in [0.15, 0.2) is 12.3 Å². The van der Waals surface area contributed by atoms with E-state index in [2.05, 4.69) is 31.8 Å². The standard InChI is InChI=1S/C12H19N/c1-4-6-11-8-10(3)9-13-12(11)7-5-2/h8-9H,4-7H2,1-3H3. The van der Waals surface area contributed by atoms with Gasteiger partial charge in [0.15, 0.2) is 0 Å². The molecule has 1 aromatic heterocycles. The average Bonchev–Trinajstić information content (AvgIpc) is 2.10. The van der Waals surface area contributed by atoms with E-state index in [1.54, 1.807) is 0 Å². The van der Waals surface area contributed by atoms with Gasteiger partial charge >= 0.3 is 0 Å². The molecule has 0 saturated carbocycles. The van der Waals surface area contributed by atoms with Crippen LogP contribution in [-0.4, -0.2) is 4.98 Å². The second-order valence-corrected chi connectivity index (χ2v) is 3.62. The number of aromatic nitrogens is 1. The molecule has 1 nitrogen and oxygen atoms in total. The Labute approximate surface area is 81.2 Å². The highest BCUT2D eigenvalue weighted by Gasteiger charge is 2.02. The molecule has 0 spiro atoms. The molecule has 0 atom stereocenters. The van der Waals surface area contributed by atoms with E-state index in [0.29, 0.717) is 0 Å². The summed E-state index contributed by atoms with van der Waals surface area (Å²) in [5.74, 6) is 0. The van der Waals surface area contributed by atoms with Crippen molar-refractivity contribution in [1.29, 1.82) is 0 Å². The predicted octanol–water partition coefficient (Wildman–Crippen LogP) is 3.30.